The van der Waals surface area contributed by atoms with Crippen molar-refractivity contribution in [2.24, 2.45) is 0 Å². The van der Waals surface area contributed by atoms with E-state index in [0.29, 0.717) is 24.0 Å². The summed E-state index contributed by atoms with van der Waals surface area (Å²) in [5, 5.41) is 12.4. The van der Waals surface area contributed by atoms with E-state index in [1.807, 2.05) is 20.8 Å². The van der Waals surface area contributed by atoms with Crippen molar-refractivity contribution < 1.29 is 9.84 Å². The van der Waals surface area contributed by atoms with Crippen molar-refractivity contribution in [3.05, 3.63) is 6.33 Å². The minimum Gasteiger partial charge on any atom is -0.476 e. The molecule has 6 heteroatoms. The molecule has 0 aromatic carbocycles. The van der Waals surface area contributed by atoms with E-state index in [9.17, 15) is 5.11 Å². The van der Waals surface area contributed by atoms with Gasteiger partial charge in [0.05, 0.1) is 18.8 Å². The Morgan fingerprint density at radius 3 is 2.71 bits per heavy atom. The van der Waals surface area contributed by atoms with Crippen LogP contribution in [0, 0.1) is 0 Å². The van der Waals surface area contributed by atoms with Gasteiger partial charge in [-0.1, -0.05) is 6.92 Å². The van der Waals surface area contributed by atoms with Gasteiger partial charge in [0.25, 0.3) is 0 Å². The lowest BCUT2D eigenvalue weighted by Crippen LogP contribution is -2.38. The maximum absolute atomic E-state index is 9.33. The summed E-state index contributed by atoms with van der Waals surface area (Å²) in [6.07, 6.45) is 2.13. The number of rotatable bonds is 6. The second kappa shape index (κ2) is 5.67. The first-order valence-corrected chi connectivity index (χ1v) is 5.68. The Morgan fingerprint density at radius 1 is 1.47 bits per heavy atom. The number of nitrogens with zero attached hydrogens (tertiary/aromatic N) is 2. The molecule has 0 bridgehead atoms. The Balaban J connectivity index is 2.95. The quantitative estimate of drug-likeness (QED) is 0.687. The van der Waals surface area contributed by atoms with E-state index in [4.69, 9.17) is 10.5 Å². The number of hydrogen-bond acceptors (Lipinski definition) is 6. The summed E-state index contributed by atoms with van der Waals surface area (Å²) < 4.78 is 5.28. The monoisotopic (exact) mass is 240 g/mol. The third kappa shape index (κ3) is 3.20. The fourth-order valence-electron chi connectivity index (χ4n) is 1.26. The molecule has 17 heavy (non-hydrogen) atoms. The molecular weight excluding hydrogens is 220 g/mol. The van der Waals surface area contributed by atoms with Gasteiger partial charge >= 0.3 is 0 Å². The van der Waals surface area contributed by atoms with Crippen LogP contribution in [0.2, 0.25) is 0 Å². The molecule has 0 aliphatic carbocycles. The fraction of sp³-hybridized carbons (Fsp3) is 0.636. The average Bonchev–Trinajstić information content (AvgIpc) is 2.34. The highest BCUT2D eigenvalue weighted by atomic mass is 16.5. The number of aliphatic hydroxyl groups is 1. The van der Waals surface area contributed by atoms with Crippen LogP contribution in [0.1, 0.15) is 27.2 Å². The zero-order valence-corrected chi connectivity index (χ0v) is 10.5. The molecule has 1 rings (SSSR count). The van der Waals surface area contributed by atoms with Crippen molar-refractivity contribution in [3.63, 3.8) is 0 Å². The Kier molecular flexibility index (Phi) is 4.51. The van der Waals surface area contributed by atoms with Crippen molar-refractivity contribution >= 4 is 11.5 Å². The van der Waals surface area contributed by atoms with Gasteiger partial charge in [0.1, 0.15) is 12.0 Å². The number of aliphatic hydroxyl groups excluding tert-OH is 1. The number of anilines is 2. The second-order valence-electron chi connectivity index (χ2n) is 4.07. The summed E-state index contributed by atoms with van der Waals surface area (Å²) in [5.41, 5.74) is 5.80. The molecule has 0 saturated carbocycles. The number of ether oxygens (including phenoxy) is 1. The van der Waals surface area contributed by atoms with Gasteiger partial charge in [0.15, 0.2) is 5.82 Å². The summed E-state index contributed by atoms with van der Waals surface area (Å²) in [5.74, 6) is 0.850. The van der Waals surface area contributed by atoms with Crippen LogP contribution in [0.25, 0.3) is 0 Å². The predicted octanol–water partition coefficient (Wildman–Crippen LogP) is 1.03. The highest BCUT2D eigenvalue weighted by molar-refractivity contribution is 5.67. The highest BCUT2D eigenvalue weighted by Gasteiger charge is 2.23. The van der Waals surface area contributed by atoms with Crippen LogP contribution in [0.15, 0.2) is 6.33 Å². The average molecular weight is 240 g/mol. The number of aromatic nitrogens is 2. The van der Waals surface area contributed by atoms with Gasteiger partial charge in [-0.15, -0.1) is 0 Å². The van der Waals surface area contributed by atoms with Gasteiger partial charge in [-0.3, -0.25) is 0 Å². The van der Waals surface area contributed by atoms with Gasteiger partial charge in [-0.25, -0.2) is 4.98 Å². The molecule has 1 heterocycles. The topological polar surface area (TPSA) is 93.3 Å². The maximum Gasteiger partial charge on any atom is 0.242 e. The van der Waals surface area contributed by atoms with Crippen LogP contribution in [0.5, 0.6) is 5.88 Å². The van der Waals surface area contributed by atoms with Gasteiger partial charge in [0.2, 0.25) is 5.88 Å². The van der Waals surface area contributed by atoms with Gasteiger partial charge in [-0.2, -0.15) is 4.98 Å². The van der Waals surface area contributed by atoms with Crippen LogP contribution in [0.3, 0.4) is 0 Å². The third-order valence-corrected chi connectivity index (χ3v) is 2.68. The van der Waals surface area contributed by atoms with E-state index in [2.05, 4.69) is 15.3 Å². The zero-order chi connectivity index (χ0) is 12.9. The second-order valence-corrected chi connectivity index (χ2v) is 4.07. The number of hydrogen-bond donors (Lipinski definition) is 3. The molecule has 0 aliphatic heterocycles. The van der Waals surface area contributed by atoms with E-state index < -0.39 is 5.54 Å². The van der Waals surface area contributed by atoms with E-state index in [-0.39, 0.29) is 6.61 Å². The van der Waals surface area contributed by atoms with E-state index in [0.717, 1.165) is 6.42 Å². The minimum atomic E-state index is -0.452. The number of nitrogens with one attached hydrogen (secondary N) is 1. The van der Waals surface area contributed by atoms with Crippen molar-refractivity contribution in [2.75, 3.05) is 24.3 Å². The summed E-state index contributed by atoms with van der Waals surface area (Å²) in [4.78, 5) is 8.01. The lowest BCUT2D eigenvalue weighted by atomic mass is 10.0. The SMILES string of the molecule is CCOc1ncnc(NC(C)(CC)CO)c1N. The molecular formula is C11H20N4O2. The third-order valence-electron chi connectivity index (χ3n) is 2.68. The molecule has 1 unspecified atom stereocenters. The highest BCUT2D eigenvalue weighted by Crippen LogP contribution is 2.27. The summed E-state index contributed by atoms with van der Waals surface area (Å²) in [6.45, 7) is 6.22. The number of nitrogens with two attached hydrogens (primary N) is 1. The van der Waals surface area contributed by atoms with Crippen LogP contribution in [-0.2, 0) is 0 Å². The molecule has 1 aromatic rings. The molecule has 0 spiro atoms. The van der Waals surface area contributed by atoms with Gasteiger partial charge < -0.3 is 20.9 Å². The van der Waals surface area contributed by atoms with Crippen LogP contribution in [0.4, 0.5) is 11.5 Å². The van der Waals surface area contributed by atoms with E-state index in [1.165, 1.54) is 6.33 Å². The van der Waals surface area contributed by atoms with Crippen molar-refractivity contribution in [1.82, 2.24) is 9.97 Å². The Bertz CT molecular complexity index is 366. The molecule has 96 valence electrons. The van der Waals surface area contributed by atoms with E-state index >= 15 is 0 Å². The molecule has 0 radical (unpaired) electrons. The number of nitrogen functional groups attached to an aromatic ring is 1. The lowest BCUT2D eigenvalue weighted by molar-refractivity contribution is 0.218. The smallest absolute Gasteiger partial charge is 0.242 e. The molecule has 0 saturated heterocycles. The van der Waals surface area contributed by atoms with E-state index in [1.54, 1.807) is 0 Å². The summed E-state index contributed by atoms with van der Waals surface area (Å²) in [6, 6.07) is 0. The van der Waals surface area contributed by atoms with Crippen molar-refractivity contribution in [3.8, 4) is 5.88 Å². The first kappa shape index (κ1) is 13.5. The van der Waals surface area contributed by atoms with Gasteiger partial charge in [-0.05, 0) is 20.3 Å². The molecule has 1 aromatic heterocycles. The Labute approximate surface area is 101 Å². The lowest BCUT2D eigenvalue weighted by Gasteiger charge is -2.28. The largest absolute Gasteiger partial charge is 0.476 e. The zero-order valence-electron chi connectivity index (χ0n) is 10.5. The van der Waals surface area contributed by atoms with Crippen LogP contribution in [-0.4, -0.2) is 33.8 Å². The van der Waals surface area contributed by atoms with Crippen LogP contribution < -0.4 is 15.8 Å². The molecule has 0 aliphatic rings. The maximum atomic E-state index is 9.33. The van der Waals surface area contributed by atoms with Crippen molar-refractivity contribution in [1.29, 1.82) is 0 Å². The standard InChI is InChI=1S/C11H20N4O2/c1-4-11(3,6-16)15-9-8(12)10(17-5-2)14-7-13-9/h7,16H,4-6,12H2,1-3H3,(H,13,14,15). The summed E-state index contributed by atoms with van der Waals surface area (Å²) in [7, 11) is 0. The molecule has 0 fully saturated rings. The predicted molar refractivity (Wildman–Crippen MR) is 67.0 cm³/mol. The fourth-order valence-corrected chi connectivity index (χ4v) is 1.26. The first-order chi connectivity index (χ1) is 8.06. The minimum absolute atomic E-state index is 0.00306. The normalized spacial score (nSPS) is 14.1. The molecule has 4 N–H and O–H groups in total. The summed E-state index contributed by atoms with van der Waals surface area (Å²) >= 11 is 0. The van der Waals surface area contributed by atoms with Crippen LogP contribution >= 0.6 is 0 Å². The molecule has 1 atom stereocenters. The Morgan fingerprint density at radius 2 is 2.18 bits per heavy atom. The van der Waals surface area contributed by atoms with Crippen molar-refractivity contribution in [2.45, 2.75) is 32.7 Å². The first-order valence-electron chi connectivity index (χ1n) is 5.68. The van der Waals surface area contributed by atoms with Gasteiger partial charge in [0, 0.05) is 0 Å². The Hall–Kier alpha value is -1.56. The molecule has 6 nitrogen and oxygen atoms in total. The molecule has 0 amide bonds.